The van der Waals surface area contributed by atoms with Crippen molar-refractivity contribution < 1.29 is 0 Å². The standard InChI is InChI=1S/C17H17N3/c1-13-5-2-9-16(20-13)12-18-11-15-7-3-6-14-8-4-10-19-17(14)15/h2-10,18H,11-12H2,1H3. The van der Waals surface area contributed by atoms with Gasteiger partial charge in [0.05, 0.1) is 11.2 Å². The predicted molar refractivity (Wildman–Crippen MR) is 81.3 cm³/mol. The first kappa shape index (κ1) is 12.8. The summed E-state index contributed by atoms with van der Waals surface area (Å²) in [6.45, 7) is 3.58. The largest absolute Gasteiger partial charge is 0.307 e. The molecule has 0 fully saturated rings. The van der Waals surface area contributed by atoms with Gasteiger partial charge >= 0.3 is 0 Å². The number of pyridine rings is 2. The molecule has 0 saturated heterocycles. The van der Waals surface area contributed by atoms with Crippen molar-refractivity contribution >= 4 is 10.9 Å². The zero-order valence-electron chi connectivity index (χ0n) is 11.5. The third kappa shape index (κ3) is 2.83. The van der Waals surface area contributed by atoms with E-state index < -0.39 is 0 Å². The van der Waals surface area contributed by atoms with Gasteiger partial charge in [-0.05, 0) is 30.7 Å². The van der Waals surface area contributed by atoms with Crippen LogP contribution >= 0.6 is 0 Å². The summed E-state index contributed by atoms with van der Waals surface area (Å²) in [4.78, 5) is 8.95. The van der Waals surface area contributed by atoms with Gasteiger partial charge in [-0.1, -0.05) is 30.3 Å². The highest BCUT2D eigenvalue weighted by Crippen LogP contribution is 2.15. The molecule has 1 aromatic carbocycles. The van der Waals surface area contributed by atoms with Crippen molar-refractivity contribution in [3.05, 3.63) is 71.7 Å². The average Bonchev–Trinajstić information content (AvgIpc) is 2.48. The molecule has 0 atom stereocenters. The molecule has 3 heteroatoms. The minimum Gasteiger partial charge on any atom is -0.307 e. The molecule has 0 bridgehead atoms. The summed E-state index contributed by atoms with van der Waals surface area (Å²) >= 11 is 0. The van der Waals surface area contributed by atoms with Gasteiger partial charge in [-0.25, -0.2) is 0 Å². The van der Waals surface area contributed by atoms with Gasteiger partial charge in [0, 0.05) is 30.4 Å². The number of rotatable bonds is 4. The molecule has 100 valence electrons. The van der Waals surface area contributed by atoms with Crippen LogP contribution in [0.2, 0.25) is 0 Å². The maximum Gasteiger partial charge on any atom is 0.0746 e. The fourth-order valence-corrected chi connectivity index (χ4v) is 2.33. The Morgan fingerprint density at radius 3 is 2.70 bits per heavy atom. The van der Waals surface area contributed by atoms with Gasteiger partial charge in [0.1, 0.15) is 0 Å². The quantitative estimate of drug-likeness (QED) is 0.785. The average molecular weight is 263 g/mol. The highest BCUT2D eigenvalue weighted by atomic mass is 14.9. The van der Waals surface area contributed by atoms with Crippen molar-refractivity contribution in [3.8, 4) is 0 Å². The monoisotopic (exact) mass is 263 g/mol. The van der Waals surface area contributed by atoms with E-state index in [2.05, 4.69) is 39.6 Å². The van der Waals surface area contributed by atoms with Crippen molar-refractivity contribution in [1.29, 1.82) is 0 Å². The van der Waals surface area contributed by atoms with Crippen LogP contribution in [0.5, 0.6) is 0 Å². The first-order valence-corrected chi connectivity index (χ1v) is 6.79. The van der Waals surface area contributed by atoms with Gasteiger partial charge < -0.3 is 5.32 Å². The molecular weight excluding hydrogens is 246 g/mol. The molecule has 0 amide bonds. The molecule has 0 spiro atoms. The van der Waals surface area contributed by atoms with E-state index in [4.69, 9.17) is 0 Å². The number of nitrogens with zero attached hydrogens (tertiary/aromatic N) is 2. The summed E-state index contributed by atoms with van der Waals surface area (Å²) < 4.78 is 0. The van der Waals surface area contributed by atoms with Gasteiger partial charge in [-0.15, -0.1) is 0 Å². The third-order valence-corrected chi connectivity index (χ3v) is 3.28. The molecular formula is C17H17N3. The molecule has 0 aliphatic heterocycles. The molecule has 1 N–H and O–H groups in total. The fourth-order valence-electron chi connectivity index (χ4n) is 2.33. The highest BCUT2D eigenvalue weighted by molar-refractivity contribution is 5.81. The molecule has 0 radical (unpaired) electrons. The van der Waals surface area contributed by atoms with Crippen LogP contribution in [-0.4, -0.2) is 9.97 Å². The van der Waals surface area contributed by atoms with Crippen molar-refractivity contribution in [3.63, 3.8) is 0 Å². The van der Waals surface area contributed by atoms with E-state index in [9.17, 15) is 0 Å². The minimum absolute atomic E-state index is 0.769. The summed E-state index contributed by atoms with van der Waals surface area (Å²) in [7, 11) is 0. The van der Waals surface area contributed by atoms with E-state index in [0.29, 0.717) is 0 Å². The third-order valence-electron chi connectivity index (χ3n) is 3.28. The Morgan fingerprint density at radius 2 is 1.80 bits per heavy atom. The molecule has 3 nitrogen and oxygen atoms in total. The molecule has 0 aliphatic rings. The lowest BCUT2D eigenvalue weighted by Gasteiger charge is -2.07. The highest BCUT2D eigenvalue weighted by Gasteiger charge is 2.01. The van der Waals surface area contributed by atoms with Gasteiger partial charge in [0.2, 0.25) is 0 Å². The van der Waals surface area contributed by atoms with E-state index in [-0.39, 0.29) is 0 Å². The lowest BCUT2D eigenvalue weighted by Crippen LogP contribution is -2.14. The zero-order chi connectivity index (χ0) is 13.8. The molecule has 2 aromatic heterocycles. The Labute approximate surface area is 118 Å². The molecule has 0 unspecified atom stereocenters. The van der Waals surface area contributed by atoms with E-state index >= 15 is 0 Å². The molecule has 0 saturated carbocycles. The van der Waals surface area contributed by atoms with E-state index in [1.165, 1.54) is 10.9 Å². The fraction of sp³-hybridized carbons (Fsp3) is 0.176. The van der Waals surface area contributed by atoms with Crippen molar-refractivity contribution in [2.75, 3.05) is 0 Å². The lowest BCUT2D eigenvalue weighted by molar-refractivity contribution is 0.680. The lowest BCUT2D eigenvalue weighted by atomic mass is 10.1. The number of fused-ring (bicyclic) bond motifs is 1. The Morgan fingerprint density at radius 1 is 0.950 bits per heavy atom. The predicted octanol–water partition coefficient (Wildman–Crippen LogP) is 3.23. The molecule has 2 heterocycles. The number of aromatic nitrogens is 2. The Kier molecular flexibility index (Phi) is 3.70. The van der Waals surface area contributed by atoms with E-state index in [0.717, 1.165) is 30.0 Å². The van der Waals surface area contributed by atoms with Gasteiger partial charge in [0.15, 0.2) is 0 Å². The van der Waals surface area contributed by atoms with Crippen molar-refractivity contribution in [2.45, 2.75) is 20.0 Å². The second-order valence-electron chi connectivity index (χ2n) is 4.87. The molecule has 3 aromatic rings. The van der Waals surface area contributed by atoms with Crippen molar-refractivity contribution in [1.82, 2.24) is 15.3 Å². The summed E-state index contributed by atoms with van der Waals surface area (Å²) in [5, 5.41) is 4.62. The van der Waals surface area contributed by atoms with E-state index in [1.807, 2.05) is 37.4 Å². The van der Waals surface area contributed by atoms with Crippen LogP contribution in [0, 0.1) is 6.92 Å². The number of hydrogen-bond donors (Lipinski definition) is 1. The second-order valence-corrected chi connectivity index (χ2v) is 4.87. The summed E-state index contributed by atoms with van der Waals surface area (Å²) in [5.74, 6) is 0. The zero-order valence-corrected chi connectivity index (χ0v) is 11.5. The first-order valence-electron chi connectivity index (χ1n) is 6.79. The Balaban J connectivity index is 1.71. The van der Waals surface area contributed by atoms with Crippen LogP contribution < -0.4 is 5.32 Å². The topological polar surface area (TPSA) is 37.8 Å². The first-order chi connectivity index (χ1) is 9.83. The molecule has 3 rings (SSSR count). The van der Waals surface area contributed by atoms with Crippen LogP contribution in [0.3, 0.4) is 0 Å². The Hall–Kier alpha value is -2.26. The smallest absolute Gasteiger partial charge is 0.0746 e. The summed E-state index contributed by atoms with van der Waals surface area (Å²) in [6, 6.07) is 16.4. The summed E-state index contributed by atoms with van der Waals surface area (Å²) in [6.07, 6.45) is 1.84. The Bertz CT molecular complexity index is 717. The van der Waals surface area contributed by atoms with Crippen molar-refractivity contribution in [2.24, 2.45) is 0 Å². The maximum absolute atomic E-state index is 4.49. The number of hydrogen-bond acceptors (Lipinski definition) is 3. The second kappa shape index (κ2) is 5.80. The maximum atomic E-state index is 4.49. The van der Waals surface area contributed by atoms with Gasteiger partial charge in [0.25, 0.3) is 0 Å². The van der Waals surface area contributed by atoms with Crippen LogP contribution in [0.25, 0.3) is 10.9 Å². The molecule has 20 heavy (non-hydrogen) atoms. The van der Waals surface area contributed by atoms with Crippen LogP contribution in [0.15, 0.2) is 54.7 Å². The minimum atomic E-state index is 0.769. The van der Waals surface area contributed by atoms with Gasteiger partial charge in [-0.3, -0.25) is 9.97 Å². The SMILES string of the molecule is Cc1cccc(CNCc2cccc3cccnc23)n1. The van der Waals surface area contributed by atoms with Crippen LogP contribution in [-0.2, 0) is 13.1 Å². The normalized spacial score (nSPS) is 10.8. The number of nitrogens with one attached hydrogen (secondary N) is 1. The number of para-hydroxylation sites is 1. The van der Waals surface area contributed by atoms with Gasteiger partial charge in [-0.2, -0.15) is 0 Å². The molecule has 0 aliphatic carbocycles. The number of aryl methyl sites for hydroxylation is 1. The van der Waals surface area contributed by atoms with E-state index in [1.54, 1.807) is 0 Å². The summed E-state index contributed by atoms with van der Waals surface area (Å²) in [5.41, 5.74) is 4.41. The van der Waals surface area contributed by atoms with Crippen LogP contribution in [0.4, 0.5) is 0 Å². The van der Waals surface area contributed by atoms with Crippen LogP contribution in [0.1, 0.15) is 17.0 Å². The number of benzene rings is 1.